The van der Waals surface area contributed by atoms with E-state index in [1.165, 1.54) is 16.0 Å². The van der Waals surface area contributed by atoms with Gasteiger partial charge in [0, 0.05) is 80.8 Å². The van der Waals surface area contributed by atoms with Crippen molar-refractivity contribution in [1.82, 2.24) is 14.5 Å². The van der Waals surface area contributed by atoms with Crippen molar-refractivity contribution in [3.8, 4) is 10.4 Å². The van der Waals surface area contributed by atoms with Crippen molar-refractivity contribution >= 4 is 67.7 Å². The van der Waals surface area contributed by atoms with Gasteiger partial charge in [-0.05, 0) is 26.0 Å². The normalized spacial score (nSPS) is 21.9. The summed E-state index contributed by atoms with van der Waals surface area (Å²) in [5.74, 6) is -1.69. The number of aromatic nitrogens is 2. The maximum absolute atomic E-state index is 15.1. The highest BCUT2D eigenvalue weighted by Gasteiger charge is 2.51. The van der Waals surface area contributed by atoms with Crippen molar-refractivity contribution in [3.05, 3.63) is 51.3 Å². The third-order valence-corrected chi connectivity index (χ3v) is 13.2. The van der Waals surface area contributed by atoms with Crippen molar-refractivity contribution in [3.63, 3.8) is 0 Å². The van der Waals surface area contributed by atoms with Gasteiger partial charge in [0.05, 0.1) is 28.1 Å². The number of carbonyl (C=O) groups excluding carboxylic acids is 2. The SMILES string of the molecule is C=CC(=O)N1[C@H](C)CN(c2nc(=O)n3c4c(c(-c5scc(C=N)c5C(N)=O)c(C(F)(F)F)cc24)SCC2(C3)CS(=O)(=O)C2)C[C@@H]1C. The van der Waals surface area contributed by atoms with Crippen LogP contribution in [0.2, 0.25) is 0 Å². The molecule has 11 nitrogen and oxygen atoms in total. The van der Waals surface area contributed by atoms with Crippen molar-refractivity contribution in [2.75, 3.05) is 35.2 Å². The average Bonchev–Trinajstić information content (AvgIpc) is 3.30. The number of primary amides is 1. The molecule has 17 heteroatoms. The molecule has 3 N–H and O–H groups in total. The molecule has 2 amide bonds. The molecule has 1 aromatic carbocycles. The zero-order valence-corrected chi connectivity index (χ0v) is 27.1. The quantitative estimate of drug-likeness (QED) is 0.304. The molecule has 5 heterocycles. The van der Waals surface area contributed by atoms with Crippen molar-refractivity contribution in [2.45, 2.75) is 43.5 Å². The molecule has 6 rings (SSSR count). The third kappa shape index (κ3) is 5.12. The van der Waals surface area contributed by atoms with E-state index in [0.717, 1.165) is 35.4 Å². The molecular weight excluding hydrogens is 666 g/mol. The summed E-state index contributed by atoms with van der Waals surface area (Å²) in [7, 11) is -3.40. The van der Waals surface area contributed by atoms with Crippen LogP contribution in [-0.4, -0.2) is 83.3 Å². The lowest BCUT2D eigenvalue weighted by Gasteiger charge is -2.44. The highest BCUT2D eigenvalue weighted by atomic mass is 32.2. The summed E-state index contributed by atoms with van der Waals surface area (Å²) in [6.45, 7) is 7.38. The van der Waals surface area contributed by atoms with Gasteiger partial charge in [-0.25, -0.2) is 13.2 Å². The van der Waals surface area contributed by atoms with Gasteiger partial charge in [0.2, 0.25) is 5.91 Å². The highest BCUT2D eigenvalue weighted by molar-refractivity contribution is 8.00. The van der Waals surface area contributed by atoms with Gasteiger partial charge in [0.1, 0.15) is 5.82 Å². The van der Waals surface area contributed by atoms with Crippen LogP contribution < -0.4 is 16.3 Å². The largest absolute Gasteiger partial charge is 0.417 e. The van der Waals surface area contributed by atoms with Crippen molar-refractivity contribution in [1.29, 1.82) is 5.41 Å². The minimum atomic E-state index is -4.94. The fourth-order valence-electron chi connectivity index (χ4n) is 6.99. The van der Waals surface area contributed by atoms with E-state index in [1.54, 1.807) is 23.6 Å². The van der Waals surface area contributed by atoms with Crippen LogP contribution in [0.1, 0.15) is 35.3 Å². The molecule has 2 saturated heterocycles. The second-order valence-electron chi connectivity index (χ2n) is 12.1. The zero-order chi connectivity index (χ0) is 33.5. The van der Waals surface area contributed by atoms with E-state index >= 15 is 13.2 Å². The number of rotatable bonds is 5. The number of thiophene rings is 1. The van der Waals surface area contributed by atoms with Gasteiger partial charge < -0.3 is 20.9 Å². The van der Waals surface area contributed by atoms with Crippen molar-refractivity contribution < 1.29 is 31.2 Å². The number of hydrogen-bond donors (Lipinski definition) is 2. The lowest BCUT2D eigenvalue weighted by Crippen LogP contribution is -2.59. The van der Waals surface area contributed by atoms with Gasteiger partial charge >= 0.3 is 11.9 Å². The molecule has 2 aromatic heterocycles. The van der Waals surface area contributed by atoms with Gasteiger partial charge in [0.25, 0.3) is 5.91 Å². The van der Waals surface area contributed by atoms with Crippen LogP contribution >= 0.6 is 23.1 Å². The van der Waals surface area contributed by atoms with Crippen LogP contribution in [0.4, 0.5) is 19.0 Å². The van der Waals surface area contributed by atoms with E-state index in [2.05, 4.69) is 11.6 Å². The van der Waals surface area contributed by atoms with E-state index in [9.17, 15) is 22.8 Å². The van der Waals surface area contributed by atoms with Crippen LogP contribution in [-0.2, 0) is 27.4 Å². The molecule has 1 spiro atoms. The smallest absolute Gasteiger partial charge is 0.366 e. The number of thioether (sulfide) groups is 1. The number of alkyl halides is 3. The van der Waals surface area contributed by atoms with Gasteiger partial charge in [-0.1, -0.05) is 6.58 Å². The molecule has 244 valence electrons. The molecular formula is C29H29F3N6O5S3. The van der Waals surface area contributed by atoms with Crippen LogP contribution in [0.5, 0.6) is 0 Å². The number of benzene rings is 1. The van der Waals surface area contributed by atoms with Crippen molar-refractivity contribution in [2.24, 2.45) is 11.1 Å². The highest BCUT2D eigenvalue weighted by Crippen LogP contribution is 2.53. The maximum Gasteiger partial charge on any atom is 0.417 e. The molecule has 0 unspecified atom stereocenters. The number of piperazine rings is 1. The fraction of sp³-hybridized carbons (Fsp3) is 0.414. The monoisotopic (exact) mass is 694 g/mol. The summed E-state index contributed by atoms with van der Waals surface area (Å²) in [5, 5.41) is 9.12. The van der Waals surface area contributed by atoms with E-state index in [1.807, 2.05) is 0 Å². The number of nitrogens with two attached hydrogens (primary N) is 1. The number of halogens is 3. The molecule has 0 bridgehead atoms. The van der Waals surface area contributed by atoms with E-state index in [-0.39, 0.29) is 86.0 Å². The van der Waals surface area contributed by atoms with E-state index in [4.69, 9.17) is 11.1 Å². The topological polar surface area (TPSA) is 160 Å². The van der Waals surface area contributed by atoms with Crippen LogP contribution in [0.15, 0.2) is 33.8 Å². The summed E-state index contributed by atoms with van der Waals surface area (Å²) in [6, 6.07) is 0.131. The first-order valence-electron chi connectivity index (χ1n) is 14.1. The standard InChI is InChI=1S/C29H29F3N6O5S3/c1-4-19(39)38-14(2)7-36(8-15(38)3)26-17-5-18(29(30,31)32)21(23-20(25(34)40)16(6-33)9-44-23)24-22(17)37(27(41)35-26)10-28(11-45-24)12-46(42,43)13-28/h4-6,9,14-15,33H,1,7-8,10-13H2,2-3H3,(H2,34,40)/t14-,15+. The Morgan fingerprint density at radius 1 is 1.22 bits per heavy atom. The molecule has 2 atom stereocenters. The van der Waals surface area contributed by atoms with Gasteiger partial charge in [0.15, 0.2) is 9.84 Å². The Hall–Kier alpha value is -3.70. The second kappa shape index (κ2) is 10.9. The summed E-state index contributed by atoms with van der Waals surface area (Å²) < 4.78 is 71.3. The Bertz CT molecular complexity index is 2000. The first kappa shape index (κ1) is 32.2. The summed E-state index contributed by atoms with van der Waals surface area (Å²) in [5.41, 5.74) is 2.46. The van der Waals surface area contributed by atoms with E-state index < -0.39 is 50.7 Å². The molecule has 0 radical (unpaired) electrons. The first-order valence-corrected chi connectivity index (χ1v) is 17.8. The van der Waals surface area contributed by atoms with Gasteiger partial charge in [-0.15, -0.1) is 23.1 Å². The summed E-state index contributed by atoms with van der Waals surface area (Å²) in [4.78, 5) is 46.5. The molecule has 46 heavy (non-hydrogen) atoms. The molecule has 0 aliphatic carbocycles. The fourth-order valence-corrected chi connectivity index (χ4v) is 12.0. The number of nitrogens with one attached hydrogen (secondary N) is 1. The Kier molecular flexibility index (Phi) is 7.67. The zero-order valence-electron chi connectivity index (χ0n) is 24.7. The number of nitrogens with zero attached hydrogens (tertiary/aromatic N) is 4. The second-order valence-corrected chi connectivity index (χ2v) is 16.0. The van der Waals surface area contributed by atoms with E-state index in [0.29, 0.717) is 0 Å². The Balaban J connectivity index is 1.68. The lowest BCUT2D eigenvalue weighted by atomic mass is 9.93. The average molecular weight is 695 g/mol. The number of sulfone groups is 1. The lowest BCUT2D eigenvalue weighted by molar-refractivity contribution is -0.137. The van der Waals surface area contributed by atoms with Crippen LogP contribution in [0.25, 0.3) is 21.3 Å². The van der Waals surface area contributed by atoms with Crippen LogP contribution in [0, 0.1) is 10.8 Å². The van der Waals surface area contributed by atoms with Gasteiger partial charge in [-0.3, -0.25) is 14.2 Å². The Morgan fingerprint density at radius 3 is 2.41 bits per heavy atom. The minimum Gasteiger partial charge on any atom is -0.366 e. The predicted octanol–water partition coefficient (Wildman–Crippen LogP) is 3.37. The Labute approximate surface area is 269 Å². The van der Waals surface area contributed by atoms with Crippen LogP contribution in [0.3, 0.4) is 0 Å². The number of hydrogen-bond acceptors (Lipinski definition) is 10. The minimum absolute atomic E-state index is 0.0122. The molecule has 3 aliphatic heterocycles. The number of carbonyl (C=O) groups is 2. The predicted molar refractivity (Wildman–Crippen MR) is 171 cm³/mol. The molecule has 3 aliphatic rings. The molecule has 3 aromatic rings. The first-order chi connectivity index (χ1) is 21.5. The Morgan fingerprint density at radius 2 is 1.87 bits per heavy atom. The summed E-state index contributed by atoms with van der Waals surface area (Å²) in [6.07, 6.45) is -2.91. The van der Waals surface area contributed by atoms with Gasteiger partial charge in [-0.2, -0.15) is 18.2 Å². The molecule has 0 saturated carbocycles. The third-order valence-electron chi connectivity index (χ3n) is 8.67. The summed E-state index contributed by atoms with van der Waals surface area (Å²) >= 11 is 1.84. The molecule has 2 fully saturated rings. The maximum atomic E-state index is 15.1. The number of amides is 2. The number of anilines is 1.